The standard InChI is InChI=1S/C15H23F2NO/c1-10(2)8-18-9-14(11(3)4)19-13-7-5-6-12(16)15(13)17/h5-7,10-11,14,18H,8-9H2,1-4H3. The molecule has 0 fully saturated rings. The normalized spacial score (nSPS) is 13.1. The number of ether oxygens (including phenoxy) is 1. The van der Waals surface area contributed by atoms with Crippen LogP contribution in [0.15, 0.2) is 18.2 Å². The number of halogens is 2. The minimum atomic E-state index is -0.919. The van der Waals surface area contributed by atoms with E-state index < -0.39 is 11.6 Å². The zero-order valence-corrected chi connectivity index (χ0v) is 12.0. The van der Waals surface area contributed by atoms with Gasteiger partial charge >= 0.3 is 0 Å². The Kier molecular flexibility index (Phi) is 6.22. The van der Waals surface area contributed by atoms with Crippen LogP contribution in [0.3, 0.4) is 0 Å². The SMILES string of the molecule is CC(C)CNCC(Oc1cccc(F)c1F)C(C)C. The van der Waals surface area contributed by atoms with E-state index in [-0.39, 0.29) is 17.8 Å². The molecule has 0 amide bonds. The van der Waals surface area contributed by atoms with Crippen molar-refractivity contribution >= 4 is 0 Å². The van der Waals surface area contributed by atoms with Crippen molar-refractivity contribution in [2.45, 2.75) is 33.8 Å². The molecule has 1 N–H and O–H groups in total. The van der Waals surface area contributed by atoms with Crippen molar-refractivity contribution in [3.05, 3.63) is 29.8 Å². The largest absolute Gasteiger partial charge is 0.486 e. The molecule has 0 saturated heterocycles. The maximum absolute atomic E-state index is 13.6. The summed E-state index contributed by atoms with van der Waals surface area (Å²) in [6.45, 7) is 9.72. The first kappa shape index (κ1) is 15.9. The third kappa shape index (κ3) is 5.15. The summed E-state index contributed by atoms with van der Waals surface area (Å²) in [5, 5.41) is 3.28. The quantitative estimate of drug-likeness (QED) is 0.818. The lowest BCUT2D eigenvalue weighted by Gasteiger charge is -2.24. The maximum Gasteiger partial charge on any atom is 0.200 e. The van der Waals surface area contributed by atoms with Gasteiger partial charge in [0, 0.05) is 6.54 Å². The van der Waals surface area contributed by atoms with Crippen LogP contribution in [0.4, 0.5) is 8.78 Å². The minimum Gasteiger partial charge on any atom is -0.486 e. The number of hydrogen-bond donors (Lipinski definition) is 1. The Bertz CT molecular complexity index is 394. The predicted octanol–water partition coefficient (Wildman–Crippen LogP) is 3.61. The fourth-order valence-electron chi connectivity index (χ4n) is 1.67. The van der Waals surface area contributed by atoms with Gasteiger partial charge in [0.15, 0.2) is 11.6 Å². The highest BCUT2D eigenvalue weighted by Crippen LogP contribution is 2.22. The van der Waals surface area contributed by atoms with Crippen molar-refractivity contribution in [3.8, 4) is 5.75 Å². The lowest BCUT2D eigenvalue weighted by Crippen LogP contribution is -2.37. The van der Waals surface area contributed by atoms with Gasteiger partial charge in [-0.05, 0) is 30.5 Å². The molecule has 0 aliphatic carbocycles. The van der Waals surface area contributed by atoms with Crippen LogP contribution >= 0.6 is 0 Å². The van der Waals surface area contributed by atoms with E-state index in [0.29, 0.717) is 12.5 Å². The lowest BCUT2D eigenvalue weighted by molar-refractivity contribution is 0.140. The van der Waals surface area contributed by atoms with Gasteiger partial charge in [0.2, 0.25) is 5.82 Å². The van der Waals surface area contributed by atoms with Gasteiger partial charge in [-0.1, -0.05) is 33.8 Å². The van der Waals surface area contributed by atoms with Crippen LogP contribution in [0.2, 0.25) is 0 Å². The van der Waals surface area contributed by atoms with E-state index in [0.717, 1.165) is 12.6 Å². The molecule has 1 atom stereocenters. The van der Waals surface area contributed by atoms with Gasteiger partial charge in [-0.15, -0.1) is 0 Å². The molecule has 2 nitrogen and oxygen atoms in total. The van der Waals surface area contributed by atoms with Crippen LogP contribution in [-0.4, -0.2) is 19.2 Å². The average molecular weight is 271 g/mol. The highest BCUT2D eigenvalue weighted by Gasteiger charge is 2.18. The maximum atomic E-state index is 13.6. The van der Waals surface area contributed by atoms with Crippen molar-refractivity contribution in [2.24, 2.45) is 11.8 Å². The molecular formula is C15H23F2NO. The fraction of sp³-hybridized carbons (Fsp3) is 0.600. The van der Waals surface area contributed by atoms with E-state index in [1.54, 1.807) is 0 Å². The van der Waals surface area contributed by atoms with E-state index in [1.165, 1.54) is 12.1 Å². The van der Waals surface area contributed by atoms with Crippen LogP contribution in [0, 0.1) is 23.5 Å². The first-order valence-corrected chi connectivity index (χ1v) is 6.73. The Hall–Kier alpha value is -1.16. The van der Waals surface area contributed by atoms with E-state index in [9.17, 15) is 8.78 Å². The van der Waals surface area contributed by atoms with Crippen molar-refractivity contribution in [1.29, 1.82) is 0 Å². The zero-order chi connectivity index (χ0) is 14.4. The van der Waals surface area contributed by atoms with Crippen LogP contribution in [0.5, 0.6) is 5.75 Å². The summed E-state index contributed by atoms with van der Waals surface area (Å²) < 4.78 is 32.3. The third-order valence-electron chi connectivity index (χ3n) is 2.84. The van der Waals surface area contributed by atoms with E-state index in [2.05, 4.69) is 19.2 Å². The van der Waals surface area contributed by atoms with Crippen molar-refractivity contribution < 1.29 is 13.5 Å². The molecule has 1 rings (SSSR count). The van der Waals surface area contributed by atoms with Crippen molar-refractivity contribution in [2.75, 3.05) is 13.1 Å². The third-order valence-corrected chi connectivity index (χ3v) is 2.84. The summed E-state index contributed by atoms with van der Waals surface area (Å²) in [6, 6.07) is 3.99. The zero-order valence-electron chi connectivity index (χ0n) is 12.0. The summed E-state index contributed by atoms with van der Waals surface area (Å²) in [5.41, 5.74) is 0. The Morgan fingerprint density at radius 1 is 1.11 bits per heavy atom. The number of rotatable bonds is 7. The molecule has 0 bridgehead atoms. The number of nitrogens with one attached hydrogen (secondary N) is 1. The fourth-order valence-corrected chi connectivity index (χ4v) is 1.67. The molecular weight excluding hydrogens is 248 g/mol. The monoisotopic (exact) mass is 271 g/mol. The summed E-state index contributed by atoms with van der Waals surface area (Å²) in [6.07, 6.45) is -0.185. The molecule has 0 aliphatic heterocycles. The van der Waals surface area contributed by atoms with E-state index in [1.807, 2.05) is 13.8 Å². The summed E-state index contributed by atoms with van der Waals surface area (Å²) in [4.78, 5) is 0. The molecule has 0 radical (unpaired) electrons. The second kappa shape index (κ2) is 7.43. The van der Waals surface area contributed by atoms with Crippen molar-refractivity contribution in [1.82, 2.24) is 5.32 Å². The topological polar surface area (TPSA) is 21.3 Å². The molecule has 0 aromatic heterocycles. The van der Waals surface area contributed by atoms with E-state index in [4.69, 9.17) is 4.74 Å². The highest BCUT2D eigenvalue weighted by atomic mass is 19.2. The second-order valence-electron chi connectivity index (χ2n) is 5.50. The van der Waals surface area contributed by atoms with Crippen molar-refractivity contribution in [3.63, 3.8) is 0 Å². The van der Waals surface area contributed by atoms with Gasteiger partial charge in [0.1, 0.15) is 6.10 Å². The number of benzene rings is 1. The molecule has 0 saturated carbocycles. The first-order valence-electron chi connectivity index (χ1n) is 6.73. The highest BCUT2D eigenvalue weighted by molar-refractivity contribution is 5.25. The summed E-state index contributed by atoms with van der Waals surface area (Å²) in [5.74, 6) is -1.07. The molecule has 0 spiro atoms. The molecule has 108 valence electrons. The smallest absolute Gasteiger partial charge is 0.200 e. The Morgan fingerprint density at radius 2 is 1.79 bits per heavy atom. The lowest BCUT2D eigenvalue weighted by atomic mass is 10.1. The van der Waals surface area contributed by atoms with Crippen LogP contribution < -0.4 is 10.1 Å². The Labute approximate surface area is 114 Å². The molecule has 1 aromatic carbocycles. The Balaban J connectivity index is 2.65. The minimum absolute atomic E-state index is 0.0231. The van der Waals surface area contributed by atoms with Crippen LogP contribution in [0.1, 0.15) is 27.7 Å². The molecule has 0 heterocycles. The molecule has 4 heteroatoms. The molecule has 0 aliphatic rings. The molecule has 1 aromatic rings. The average Bonchev–Trinajstić information content (AvgIpc) is 2.32. The van der Waals surface area contributed by atoms with E-state index >= 15 is 0 Å². The molecule has 1 unspecified atom stereocenters. The first-order chi connectivity index (χ1) is 8.91. The molecule has 19 heavy (non-hydrogen) atoms. The van der Waals surface area contributed by atoms with Crippen LogP contribution in [-0.2, 0) is 0 Å². The summed E-state index contributed by atoms with van der Waals surface area (Å²) >= 11 is 0. The predicted molar refractivity (Wildman–Crippen MR) is 73.3 cm³/mol. The van der Waals surface area contributed by atoms with Gasteiger partial charge in [-0.25, -0.2) is 4.39 Å². The number of hydrogen-bond acceptors (Lipinski definition) is 2. The van der Waals surface area contributed by atoms with Gasteiger partial charge in [-0.3, -0.25) is 0 Å². The van der Waals surface area contributed by atoms with Gasteiger partial charge < -0.3 is 10.1 Å². The van der Waals surface area contributed by atoms with Crippen LogP contribution in [0.25, 0.3) is 0 Å². The van der Waals surface area contributed by atoms with Gasteiger partial charge in [0.05, 0.1) is 0 Å². The van der Waals surface area contributed by atoms with Gasteiger partial charge in [-0.2, -0.15) is 4.39 Å². The van der Waals surface area contributed by atoms with Gasteiger partial charge in [0.25, 0.3) is 0 Å². The second-order valence-corrected chi connectivity index (χ2v) is 5.50. The summed E-state index contributed by atoms with van der Waals surface area (Å²) in [7, 11) is 0. The Morgan fingerprint density at radius 3 is 2.37 bits per heavy atom.